The van der Waals surface area contributed by atoms with Gasteiger partial charge < -0.3 is 4.90 Å². The minimum atomic E-state index is -0.117. The first-order valence-corrected chi connectivity index (χ1v) is 8.78. The number of amides is 2. The monoisotopic (exact) mass is 349 g/mol. The fourth-order valence-corrected chi connectivity index (χ4v) is 3.00. The van der Waals surface area contributed by atoms with Crippen LogP contribution in [-0.4, -0.2) is 29.9 Å². The van der Waals surface area contributed by atoms with E-state index in [0.29, 0.717) is 6.54 Å². The Morgan fingerprint density at radius 1 is 1.15 bits per heavy atom. The maximum Gasteiger partial charge on any atom is 0.248 e. The van der Waals surface area contributed by atoms with Crippen LogP contribution < -0.4 is 10.3 Å². The third-order valence-corrected chi connectivity index (χ3v) is 4.35. The van der Waals surface area contributed by atoms with Crippen LogP contribution in [0.15, 0.2) is 60.7 Å². The van der Waals surface area contributed by atoms with Crippen molar-refractivity contribution in [1.82, 2.24) is 10.4 Å². The normalized spacial score (nSPS) is 13.8. The van der Waals surface area contributed by atoms with E-state index in [1.807, 2.05) is 74.5 Å². The van der Waals surface area contributed by atoms with Gasteiger partial charge in [-0.3, -0.25) is 15.0 Å². The van der Waals surface area contributed by atoms with Crippen LogP contribution >= 0.6 is 0 Å². The maximum atomic E-state index is 12.8. The molecule has 0 atom stereocenters. The molecule has 2 aromatic carbocycles. The Labute approximate surface area is 153 Å². The average Bonchev–Trinajstić information content (AvgIpc) is 2.65. The van der Waals surface area contributed by atoms with Crippen LogP contribution in [0.5, 0.6) is 0 Å². The lowest BCUT2D eigenvalue weighted by molar-refractivity contribution is -0.137. The van der Waals surface area contributed by atoms with E-state index in [0.717, 1.165) is 22.5 Å². The lowest BCUT2D eigenvalue weighted by Crippen LogP contribution is -2.50. The molecule has 0 radical (unpaired) electrons. The average molecular weight is 349 g/mol. The van der Waals surface area contributed by atoms with Gasteiger partial charge in [0.05, 0.1) is 5.70 Å². The first-order valence-electron chi connectivity index (χ1n) is 8.78. The molecule has 2 aromatic rings. The van der Waals surface area contributed by atoms with E-state index in [4.69, 9.17) is 0 Å². The summed E-state index contributed by atoms with van der Waals surface area (Å²) >= 11 is 0. The second-order valence-corrected chi connectivity index (χ2v) is 6.26. The molecule has 0 unspecified atom stereocenters. The highest BCUT2D eigenvalue weighted by atomic mass is 16.2. The molecule has 2 amide bonds. The Bertz CT molecular complexity index is 830. The quantitative estimate of drug-likeness (QED) is 0.902. The van der Waals surface area contributed by atoms with E-state index in [9.17, 15) is 9.59 Å². The summed E-state index contributed by atoms with van der Waals surface area (Å²) in [5, 5.41) is 1.41. The smallest absolute Gasteiger partial charge is 0.248 e. The van der Waals surface area contributed by atoms with Crippen LogP contribution in [0.3, 0.4) is 0 Å². The molecule has 26 heavy (non-hydrogen) atoms. The highest BCUT2D eigenvalue weighted by Gasteiger charge is 2.24. The largest absolute Gasteiger partial charge is 0.311 e. The van der Waals surface area contributed by atoms with Crippen molar-refractivity contribution in [2.45, 2.75) is 20.3 Å². The van der Waals surface area contributed by atoms with Gasteiger partial charge in [0, 0.05) is 18.7 Å². The van der Waals surface area contributed by atoms with Gasteiger partial charge in [-0.25, -0.2) is 5.01 Å². The van der Waals surface area contributed by atoms with E-state index in [2.05, 4.69) is 5.43 Å². The Kier molecular flexibility index (Phi) is 5.37. The Balaban J connectivity index is 1.73. The number of carbonyl (C=O) groups is 2. The molecule has 1 aliphatic rings. The molecular weight excluding hydrogens is 326 g/mol. The number of hydrogen-bond acceptors (Lipinski definition) is 3. The van der Waals surface area contributed by atoms with Crippen molar-refractivity contribution in [3.05, 3.63) is 71.8 Å². The SMILES string of the molecule is CCN(C(=O)CN1NC(c2ccccc2)=CCC1=O)c1cccc(C)c1. The molecule has 0 bridgehead atoms. The van der Waals surface area contributed by atoms with Crippen molar-refractivity contribution in [3.8, 4) is 0 Å². The lowest BCUT2D eigenvalue weighted by atomic mass is 10.1. The number of anilines is 1. The lowest BCUT2D eigenvalue weighted by Gasteiger charge is -2.31. The summed E-state index contributed by atoms with van der Waals surface area (Å²) in [6.45, 7) is 4.46. The Hall–Kier alpha value is -3.08. The van der Waals surface area contributed by atoms with Crippen molar-refractivity contribution in [2.24, 2.45) is 0 Å². The number of benzene rings is 2. The van der Waals surface area contributed by atoms with Crippen LogP contribution in [0.4, 0.5) is 5.69 Å². The van der Waals surface area contributed by atoms with Gasteiger partial charge in [-0.15, -0.1) is 0 Å². The summed E-state index contributed by atoms with van der Waals surface area (Å²) in [7, 11) is 0. The van der Waals surface area contributed by atoms with Crippen molar-refractivity contribution in [3.63, 3.8) is 0 Å². The molecule has 1 heterocycles. The van der Waals surface area contributed by atoms with Gasteiger partial charge in [0.25, 0.3) is 0 Å². The molecule has 134 valence electrons. The second-order valence-electron chi connectivity index (χ2n) is 6.26. The number of carbonyl (C=O) groups excluding carboxylic acids is 2. The van der Waals surface area contributed by atoms with Crippen LogP contribution in [-0.2, 0) is 9.59 Å². The summed E-state index contributed by atoms with van der Waals surface area (Å²) < 4.78 is 0. The summed E-state index contributed by atoms with van der Waals surface area (Å²) in [4.78, 5) is 26.8. The zero-order chi connectivity index (χ0) is 18.5. The number of likely N-dealkylation sites (N-methyl/N-ethyl adjacent to an activating group) is 1. The number of aryl methyl sites for hydroxylation is 1. The molecule has 5 heteroatoms. The van der Waals surface area contributed by atoms with Gasteiger partial charge in [0.2, 0.25) is 11.8 Å². The second kappa shape index (κ2) is 7.87. The van der Waals surface area contributed by atoms with Gasteiger partial charge in [-0.2, -0.15) is 0 Å². The van der Waals surface area contributed by atoms with Crippen molar-refractivity contribution in [2.75, 3.05) is 18.0 Å². The summed E-state index contributed by atoms with van der Waals surface area (Å²) in [6.07, 6.45) is 2.14. The van der Waals surface area contributed by atoms with Crippen LogP contribution in [0.25, 0.3) is 5.70 Å². The van der Waals surface area contributed by atoms with Gasteiger partial charge in [0.1, 0.15) is 6.54 Å². The summed E-state index contributed by atoms with van der Waals surface area (Å²) in [5.41, 5.74) is 6.86. The van der Waals surface area contributed by atoms with E-state index >= 15 is 0 Å². The number of hydrazine groups is 1. The minimum absolute atomic E-state index is 0.00914. The molecule has 1 aliphatic heterocycles. The topological polar surface area (TPSA) is 52.7 Å². The van der Waals surface area contributed by atoms with Crippen LogP contribution in [0, 0.1) is 6.92 Å². The Morgan fingerprint density at radius 3 is 2.62 bits per heavy atom. The summed E-state index contributed by atoms with van der Waals surface area (Å²) in [5.74, 6) is -0.230. The van der Waals surface area contributed by atoms with Crippen molar-refractivity contribution in [1.29, 1.82) is 0 Å². The number of hydrogen-bond donors (Lipinski definition) is 1. The molecule has 0 saturated heterocycles. The predicted molar refractivity (Wildman–Crippen MR) is 103 cm³/mol. The number of nitrogens with zero attached hydrogens (tertiary/aromatic N) is 2. The first kappa shape index (κ1) is 17.7. The zero-order valence-electron chi connectivity index (χ0n) is 15.1. The summed E-state index contributed by atoms with van der Waals surface area (Å²) in [6, 6.07) is 17.6. The van der Waals surface area contributed by atoms with Gasteiger partial charge in [-0.1, -0.05) is 42.5 Å². The fraction of sp³-hybridized carbons (Fsp3) is 0.238. The third-order valence-electron chi connectivity index (χ3n) is 4.35. The number of nitrogens with one attached hydrogen (secondary N) is 1. The van der Waals surface area contributed by atoms with Crippen molar-refractivity contribution >= 4 is 23.2 Å². The van der Waals surface area contributed by atoms with Crippen LogP contribution in [0.2, 0.25) is 0 Å². The predicted octanol–water partition coefficient (Wildman–Crippen LogP) is 3.13. The van der Waals surface area contributed by atoms with Crippen LogP contribution in [0.1, 0.15) is 24.5 Å². The fourth-order valence-electron chi connectivity index (χ4n) is 3.00. The molecule has 0 spiro atoms. The maximum absolute atomic E-state index is 12.8. The zero-order valence-corrected chi connectivity index (χ0v) is 15.1. The third kappa shape index (κ3) is 3.94. The molecule has 5 nitrogen and oxygen atoms in total. The molecule has 0 aliphatic carbocycles. The molecule has 0 fully saturated rings. The van der Waals surface area contributed by atoms with E-state index in [-0.39, 0.29) is 24.8 Å². The highest BCUT2D eigenvalue weighted by Crippen LogP contribution is 2.19. The molecule has 1 N–H and O–H groups in total. The van der Waals surface area contributed by atoms with Gasteiger partial charge in [0.15, 0.2) is 0 Å². The first-order chi connectivity index (χ1) is 12.6. The molecule has 3 rings (SSSR count). The number of rotatable bonds is 5. The molecule has 0 aromatic heterocycles. The van der Waals surface area contributed by atoms with E-state index in [1.165, 1.54) is 5.01 Å². The Morgan fingerprint density at radius 2 is 1.92 bits per heavy atom. The highest BCUT2D eigenvalue weighted by molar-refractivity contribution is 5.97. The minimum Gasteiger partial charge on any atom is -0.311 e. The molecule has 0 saturated carbocycles. The van der Waals surface area contributed by atoms with E-state index in [1.54, 1.807) is 4.90 Å². The van der Waals surface area contributed by atoms with Gasteiger partial charge in [-0.05, 0) is 43.2 Å². The van der Waals surface area contributed by atoms with E-state index < -0.39 is 0 Å². The van der Waals surface area contributed by atoms with Crippen molar-refractivity contribution < 1.29 is 9.59 Å². The standard InChI is InChI=1S/C21H23N3O2/c1-3-23(18-11-7-8-16(2)14-18)21(26)15-24-20(25)13-12-19(22-24)17-9-5-4-6-10-17/h4-12,14,22H,3,13,15H2,1-2H3. The molecular formula is C21H23N3O2. The van der Waals surface area contributed by atoms with Gasteiger partial charge >= 0.3 is 0 Å².